The maximum absolute atomic E-state index is 11.4. The van der Waals surface area contributed by atoms with Gasteiger partial charge in [0.25, 0.3) is 0 Å². The molecular weight excluding hydrogens is 243 g/mol. The Morgan fingerprint density at radius 3 is 2.21 bits per heavy atom. The largest absolute Gasteiger partial charge is 0.464 e. The Kier molecular flexibility index (Phi) is 4.75. The van der Waals surface area contributed by atoms with E-state index < -0.39 is 11.9 Å². The van der Waals surface area contributed by atoms with Crippen molar-refractivity contribution in [3.05, 3.63) is 40.1 Å². The summed E-state index contributed by atoms with van der Waals surface area (Å²) in [6.07, 6.45) is 1.57. The highest BCUT2D eigenvalue weighted by Crippen LogP contribution is 2.19. The minimum absolute atomic E-state index is 0.125. The van der Waals surface area contributed by atoms with Gasteiger partial charge in [0.1, 0.15) is 5.70 Å². The number of amides is 1. The molecule has 0 aliphatic heterocycles. The Labute approximate surface area is 113 Å². The van der Waals surface area contributed by atoms with Gasteiger partial charge in [0, 0.05) is 5.56 Å². The van der Waals surface area contributed by atoms with Crippen LogP contribution in [0, 0.1) is 13.8 Å². The third-order valence-corrected chi connectivity index (χ3v) is 2.73. The summed E-state index contributed by atoms with van der Waals surface area (Å²) in [7, 11) is 6.55. The molecule has 0 aromatic heterocycles. The summed E-state index contributed by atoms with van der Waals surface area (Å²) in [6, 6.07) is 3.32. The van der Waals surface area contributed by atoms with E-state index >= 15 is 0 Å². The number of esters is 1. The number of nitrogens with two attached hydrogens (primary N) is 1. The zero-order valence-electron chi connectivity index (χ0n) is 11.1. The number of carbonyl (C=O) groups is 2. The number of hydrogen-bond donors (Lipinski definition) is 2. The van der Waals surface area contributed by atoms with Crippen molar-refractivity contribution in [2.75, 3.05) is 7.11 Å². The molecule has 1 aromatic carbocycles. The highest BCUT2D eigenvalue weighted by Gasteiger charge is 2.11. The first kappa shape index (κ1) is 14.8. The van der Waals surface area contributed by atoms with Gasteiger partial charge in [-0.2, -0.15) is 0 Å². The number of ether oxygens (including phenoxy) is 1. The molecule has 0 heterocycles. The molecule has 98 valence electrons. The minimum Gasteiger partial charge on any atom is -0.464 e. The van der Waals surface area contributed by atoms with Gasteiger partial charge < -0.3 is 15.7 Å². The van der Waals surface area contributed by atoms with Crippen molar-refractivity contribution in [2.24, 2.45) is 5.73 Å². The van der Waals surface area contributed by atoms with Crippen LogP contribution in [-0.2, 0) is 9.53 Å². The van der Waals surface area contributed by atoms with E-state index in [-0.39, 0.29) is 5.70 Å². The summed E-state index contributed by atoms with van der Waals surface area (Å²) in [5, 5.41) is 2.29. The summed E-state index contributed by atoms with van der Waals surface area (Å²) < 4.78 is 4.59. The molecule has 0 aliphatic carbocycles. The number of aryl methyl sites for hydroxylation is 2. The smallest absolute Gasteiger partial charge is 0.352 e. The lowest BCUT2D eigenvalue weighted by Gasteiger charge is -2.10. The van der Waals surface area contributed by atoms with Crippen molar-refractivity contribution in [1.82, 2.24) is 5.23 Å². The molecule has 1 aromatic rings. The van der Waals surface area contributed by atoms with Crippen LogP contribution in [0.3, 0.4) is 0 Å². The molecule has 0 saturated heterocycles. The van der Waals surface area contributed by atoms with Gasteiger partial charge in [-0.25, -0.2) is 4.79 Å². The molecule has 0 spiro atoms. The van der Waals surface area contributed by atoms with Gasteiger partial charge in [0.2, 0.25) is 13.9 Å². The number of hydrogen-bond acceptors (Lipinski definition) is 4. The van der Waals surface area contributed by atoms with Gasteiger partial charge in [-0.15, -0.1) is 0 Å². The molecule has 0 fully saturated rings. The quantitative estimate of drug-likeness (QED) is 0.470. The molecule has 5 nitrogen and oxygen atoms in total. The molecular formula is C13H15BN2O3. The van der Waals surface area contributed by atoms with E-state index in [1.807, 2.05) is 13.8 Å². The van der Waals surface area contributed by atoms with Crippen molar-refractivity contribution in [3.8, 4) is 0 Å². The summed E-state index contributed by atoms with van der Waals surface area (Å²) in [6.45, 7) is 3.63. The average Bonchev–Trinajstić information content (AvgIpc) is 2.37. The molecule has 0 unspecified atom stereocenters. The van der Waals surface area contributed by atoms with E-state index in [0.717, 1.165) is 16.7 Å². The highest BCUT2D eigenvalue weighted by atomic mass is 16.5. The third kappa shape index (κ3) is 3.37. The fraction of sp³-hybridized carbons (Fsp3) is 0.231. The molecule has 19 heavy (non-hydrogen) atoms. The van der Waals surface area contributed by atoms with Crippen molar-refractivity contribution < 1.29 is 14.3 Å². The summed E-state index contributed by atoms with van der Waals surface area (Å²) >= 11 is 0. The second-order valence-corrected chi connectivity index (χ2v) is 4.08. The van der Waals surface area contributed by atoms with Crippen LogP contribution < -0.4 is 11.0 Å². The molecule has 1 rings (SSSR count). The average molecular weight is 258 g/mol. The zero-order chi connectivity index (χ0) is 14.6. The number of benzene rings is 1. The third-order valence-electron chi connectivity index (χ3n) is 2.73. The first-order valence-electron chi connectivity index (χ1n) is 5.58. The molecule has 0 aliphatic rings. The Bertz CT molecular complexity index is 530. The Balaban J connectivity index is 3.32. The first-order chi connectivity index (χ1) is 8.90. The molecule has 0 saturated carbocycles. The monoisotopic (exact) mass is 258 g/mol. The Morgan fingerprint density at radius 1 is 1.32 bits per heavy atom. The van der Waals surface area contributed by atoms with Crippen LogP contribution in [0.25, 0.3) is 6.08 Å². The topological polar surface area (TPSA) is 81.4 Å². The molecule has 0 atom stereocenters. The molecule has 0 bridgehead atoms. The Morgan fingerprint density at radius 2 is 1.84 bits per heavy atom. The van der Waals surface area contributed by atoms with Crippen LogP contribution in [0.4, 0.5) is 0 Å². The fourth-order valence-corrected chi connectivity index (χ4v) is 1.76. The van der Waals surface area contributed by atoms with Gasteiger partial charge in [-0.3, -0.25) is 4.79 Å². The van der Waals surface area contributed by atoms with Gasteiger partial charge in [-0.05, 0) is 48.7 Å². The van der Waals surface area contributed by atoms with Gasteiger partial charge in [0.15, 0.2) is 0 Å². The second-order valence-electron chi connectivity index (χ2n) is 4.08. The van der Waals surface area contributed by atoms with Crippen LogP contribution in [0.5, 0.6) is 0 Å². The van der Waals surface area contributed by atoms with E-state index in [1.165, 1.54) is 7.11 Å². The van der Waals surface area contributed by atoms with Gasteiger partial charge in [-0.1, -0.05) is 0 Å². The van der Waals surface area contributed by atoms with Crippen molar-refractivity contribution in [1.29, 1.82) is 0 Å². The van der Waals surface area contributed by atoms with Gasteiger partial charge >= 0.3 is 5.97 Å². The standard InChI is InChI=1S/C13H15BN2O3/c1-7-4-9(12(15)17)5-8(2)10(7)6-11(16-14)13(18)19-3/h4-6,16H,1-3H3,(H2,15,17)/b11-6-. The normalized spacial score (nSPS) is 11.0. The van der Waals surface area contributed by atoms with Crippen LogP contribution >= 0.6 is 0 Å². The Hall–Kier alpha value is -2.24. The molecule has 3 N–H and O–H groups in total. The van der Waals surface area contributed by atoms with Crippen molar-refractivity contribution in [3.63, 3.8) is 0 Å². The van der Waals surface area contributed by atoms with E-state index in [2.05, 4.69) is 9.96 Å². The number of rotatable bonds is 4. The predicted molar refractivity (Wildman–Crippen MR) is 73.3 cm³/mol. The fourth-order valence-electron chi connectivity index (χ4n) is 1.76. The lowest BCUT2D eigenvalue weighted by Crippen LogP contribution is -2.18. The molecule has 6 heteroatoms. The highest BCUT2D eigenvalue weighted by molar-refractivity contribution is 6.11. The number of primary amides is 1. The van der Waals surface area contributed by atoms with E-state index in [4.69, 9.17) is 13.7 Å². The summed E-state index contributed by atoms with van der Waals surface area (Å²) in [4.78, 5) is 22.6. The lowest BCUT2D eigenvalue weighted by atomic mass is 9.98. The molecule has 1 amide bonds. The summed E-state index contributed by atoms with van der Waals surface area (Å²) in [5.74, 6) is -1.06. The van der Waals surface area contributed by atoms with Crippen LogP contribution in [0.1, 0.15) is 27.0 Å². The first-order valence-corrected chi connectivity index (χ1v) is 5.58. The molecule has 2 radical (unpaired) electrons. The number of nitrogens with one attached hydrogen (secondary N) is 1. The number of carbonyl (C=O) groups excluding carboxylic acids is 2. The maximum Gasteiger partial charge on any atom is 0.352 e. The zero-order valence-corrected chi connectivity index (χ0v) is 11.1. The lowest BCUT2D eigenvalue weighted by molar-refractivity contribution is -0.136. The second kappa shape index (κ2) is 6.09. The van der Waals surface area contributed by atoms with Crippen LogP contribution in [0.15, 0.2) is 17.8 Å². The number of methoxy groups -OCH3 is 1. The van der Waals surface area contributed by atoms with E-state index in [0.29, 0.717) is 5.56 Å². The van der Waals surface area contributed by atoms with Crippen molar-refractivity contribution >= 4 is 25.9 Å². The van der Waals surface area contributed by atoms with Gasteiger partial charge in [0.05, 0.1) is 7.11 Å². The van der Waals surface area contributed by atoms with Crippen LogP contribution in [0.2, 0.25) is 0 Å². The van der Waals surface area contributed by atoms with E-state index in [9.17, 15) is 9.59 Å². The van der Waals surface area contributed by atoms with Crippen LogP contribution in [-0.4, -0.2) is 27.0 Å². The maximum atomic E-state index is 11.4. The van der Waals surface area contributed by atoms with E-state index in [1.54, 1.807) is 18.2 Å². The minimum atomic E-state index is -0.569. The predicted octanol–water partition coefficient (Wildman–Crippen LogP) is 0.589. The SMILES string of the molecule is [B]N/C(=C\c1c(C)cc(C(N)=O)cc1C)C(=O)OC. The van der Waals surface area contributed by atoms with Crippen molar-refractivity contribution in [2.45, 2.75) is 13.8 Å². The summed E-state index contributed by atoms with van der Waals surface area (Å²) in [5.41, 5.74) is 8.19.